The van der Waals surface area contributed by atoms with Crippen LogP contribution in [0.1, 0.15) is 24.5 Å². The average Bonchev–Trinajstić information content (AvgIpc) is 3.17. The molecule has 1 unspecified atom stereocenters. The van der Waals surface area contributed by atoms with Gasteiger partial charge in [0.1, 0.15) is 0 Å². The second kappa shape index (κ2) is 7.44. The van der Waals surface area contributed by atoms with Gasteiger partial charge in [-0.2, -0.15) is 5.10 Å². The maximum absolute atomic E-state index is 5.47. The van der Waals surface area contributed by atoms with Gasteiger partial charge in [0.25, 0.3) is 0 Å². The second-order valence-corrected chi connectivity index (χ2v) is 6.63. The standard InChI is InChI=1S/C20H24N4O3/c1-25-17-9-14(10-18(26-2)20(17)27-3)15-11-19-22-8-6-16(24(19)23-15)13-5-4-7-21-12-13/h6,8-11,13,21H,4-5,7,12H2,1-3H3. The quantitative estimate of drug-likeness (QED) is 0.747. The summed E-state index contributed by atoms with van der Waals surface area (Å²) in [6, 6.07) is 7.87. The smallest absolute Gasteiger partial charge is 0.203 e. The van der Waals surface area contributed by atoms with Crippen molar-refractivity contribution >= 4 is 5.65 Å². The van der Waals surface area contributed by atoms with E-state index in [0.29, 0.717) is 23.2 Å². The van der Waals surface area contributed by atoms with E-state index in [0.717, 1.165) is 36.4 Å². The molecule has 1 aliphatic rings. The Morgan fingerprint density at radius 2 is 1.85 bits per heavy atom. The van der Waals surface area contributed by atoms with Gasteiger partial charge in [-0.05, 0) is 37.6 Å². The molecule has 1 N–H and O–H groups in total. The Kier molecular flexibility index (Phi) is 4.85. The first kappa shape index (κ1) is 17.6. The summed E-state index contributed by atoms with van der Waals surface area (Å²) >= 11 is 0. The van der Waals surface area contributed by atoms with Crippen LogP contribution in [0.3, 0.4) is 0 Å². The van der Waals surface area contributed by atoms with Gasteiger partial charge in [0.15, 0.2) is 17.1 Å². The van der Waals surface area contributed by atoms with Crippen molar-refractivity contribution in [1.82, 2.24) is 19.9 Å². The number of piperidine rings is 1. The fourth-order valence-electron chi connectivity index (χ4n) is 3.70. The number of benzene rings is 1. The summed E-state index contributed by atoms with van der Waals surface area (Å²) in [6.45, 7) is 2.05. The Bertz CT molecular complexity index is 923. The summed E-state index contributed by atoms with van der Waals surface area (Å²) in [5, 5.41) is 8.31. The summed E-state index contributed by atoms with van der Waals surface area (Å²) in [4.78, 5) is 4.49. The second-order valence-electron chi connectivity index (χ2n) is 6.63. The first-order chi connectivity index (χ1) is 13.2. The van der Waals surface area contributed by atoms with Gasteiger partial charge in [-0.15, -0.1) is 0 Å². The van der Waals surface area contributed by atoms with Gasteiger partial charge in [-0.25, -0.2) is 9.50 Å². The highest BCUT2D eigenvalue weighted by Crippen LogP contribution is 2.41. The largest absolute Gasteiger partial charge is 0.493 e. The molecule has 0 amide bonds. The summed E-state index contributed by atoms with van der Waals surface area (Å²) < 4.78 is 18.3. The fraction of sp³-hybridized carbons (Fsp3) is 0.400. The van der Waals surface area contributed by atoms with Gasteiger partial charge in [0.2, 0.25) is 5.75 Å². The Hall–Kier alpha value is -2.80. The minimum absolute atomic E-state index is 0.442. The lowest BCUT2D eigenvalue weighted by molar-refractivity contribution is 0.324. The van der Waals surface area contributed by atoms with Gasteiger partial charge in [0, 0.05) is 30.3 Å². The Balaban J connectivity index is 1.81. The van der Waals surface area contributed by atoms with Crippen LogP contribution in [-0.4, -0.2) is 49.0 Å². The van der Waals surface area contributed by atoms with Crippen molar-refractivity contribution in [2.45, 2.75) is 18.8 Å². The number of rotatable bonds is 5. The van der Waals surface area contributed by atoms with Crippen molar-refractivity contribution in [2.24, 2.45) is 0 Å². The maximum Gasteiger partial charge on any atom is 0.203 e. The molecule has 0 radical (unpaired) electrons. The SMILES string of the molecule is COc1cc(-c2cc3nccc(C4CCCNC4)n3n2)cc(OC)c1OC. The van der Waals surface area contributed by atoms with E-state index in [1.54, 1.807) is 21.3 Å². The van der Waals surface area contributed by atoms with Crippen LogP contribution in [0.25, 0.3) is 16.9 Å². The Morgan fingerprint density at radius 3 is 2.48 bits per heavy atom. The van der Waals surface area contributed by atoms with E-state index in [1.165, 1.54) is 12.1 Å². The van der Waals surface area contributed by atoms with Crippen molar-refractivity contribution in [3.05, 3.63) is 36.2 Å². The molecule has 142 valence electrons. The molecule has 0 aliphatic carbocycles. The third-order valence-electron chi connectivity index (χ3n) is 5.06. The number of fused-ring (bicyclic) bond motifs is 1. The maximum atomic E-state index is 5.47. The number of hydrogen-bond acceptors (Lipinski definition) is 6. The first-order valence-corrected chi connectivity index (χ1v) is 9.11. The third kappa shape index (κ3) is 3.19. The van der Waals surface area contributed by atoms with Crippen LogP contribution in [0.4, 0.5) is 0 Å². The van der Waals surface area contributed by atoms with Crippen molar-refractivity contribution in [1.29, 1.82) is 0 Å². The molecule has 3 aromatic rings. The van der Waals surface area contributed by atoms with E-state index < -0.39 is 0 Å². The Labute approximate surface area is 158 Å². The number of methoxy groups -OCH3 is 3. The zero-order valence-electron chi connectivity index (χ0n) is 15.9. The molecule has 1 atom stereocenters. The summed E-state index contributed by atoms with van der Waals surface area (Å²) in [6.07, 6.45) is 4.20. The third-order valence-corrected chi connectivity index (χ3v) is 5.06. The summed E-state index contributed by atoms with van der Waals surface area (Å²) in [7, 11) is 4.82. The van der Waals surface area contributed by atoms with Crippen LogP contribution in [-0.2, 0) is 0 Å². The van der Waals surface area contributed by atoms with Gasteiger partial charge in [-0.1, -0.05) is 0 Å². The molecule has 7 heteroatoms. The molecule has 4 rings (SSSR count). The molecule has 0 saturated carbocycles. The summed E-state index contributed by atoms with van der Waals surface area (Å²) in [5.74, 6) is 2.22. The van der Waals surface area contributed by atoms with Crippen LogP contribution in [0.2, 0.25) is 0 Å². The normalized spacial score (nSPS) is 17.1. The number of aromatic nitrogens is 3. The molecule has 3 heterocycles. The number of hydrogen-bond donors (Lipinski definition) is 1. The predicted molar refractivity (Wildman–Crippen MR) is 103 cm³/mol. The lowest BCUT2D eigenvalue weighted by Crippen LogP contribution is -2.29. The van der Waals surface area contributed by atoms with Crippen LogP contribution in [0.15, 0.2) is 30.5 Å². The minimum Gasteiger partial charge on any atom is -0.493 e. The molecule has 2 aromatic heterocycles. The molecular weight excluding hydrogens is 344 g/mol. The van der Waals surface area contributed by atoms with Gasteiger partial charge in [0.05, 0.1) is 32.7 Å². The fourth-order valence-corrected chi connectivity index (χ4v) is 3.70. The van der Waals surface area contributed by atoms with E-state index in [-0.39, 0.29) is 0 Å². The molecule has 1 aromatic carbocycles. The molecule has 1 aliphatic heterocycles. The predicted octanol–water partition coefficient (Wildman–Crippen LogP) is 2.89. The minimum atomic E-state index is 0.442. The zero-order valence-corrected chi connectivity index (χ0v) is 15.9. The van der Waals surface area contributed by atoms with E-state index in [1.807, 2.05) is 28.9 Å². The molecule has 1 fully saturated rings. The Morgan fingerprint density at radius 1 is 1.07 bits per heavy atom. The topological polar surface area (TPSA) is 69.9 Å². The van der Waals surface area contributed by atoms with E-state index in [4.69, 9.17) is 19.3 Å². The van der Waals surface area contributed by atoms with Crippen LogP contribution in [0, 0.1) is 0 Å². The van der Waals surface area contributed by atoms with E-state index in [2.05, 4.69) is 16.4 Å². The van der Waals surface area contributed by atoms with Crippen molar-refractivity contribution in [3.63, 3.8) is 0 Å². The number of nitrogens with zero attached hydrogens (tertiary/aromatic N) is 3. The van der Waals surface area contributed by atoms with Gasteiger partial charge in [-0.3, -0.25) is 0 Å². The number of nitrogens with one attached hydrogen (secondary N) is 1. The van der Waals surface area contributed by atoms with Crippen LogP contribution in [0.5, 0.6) is 17.2 Å². The average molecular weight is 368 g/mol. The van der Waals surface area contributed by atoms with Crippen molar-refractivity contribution in [2.75, 3.05) is 34.4 Å². The monoisotopic (exact) mass is 368 g/mol. The van der Waals surface area contributed by atoms with Crippen molar-refractivity contribution < 1.29 is 14.2 Å². The lowest BCUT2D eigenvalue weighted by atomic mass is 9.96. The zero-order chi connectivity index (χ0) is 18.8. The lowest BCUT2D eigenvalue weighted by Gasteiger charge is -2.23. The van der Waals surface area contributed by atoms with Crippen LogP contribution >= 0.6 is 0 Å². The summed E-state index contributed by atoms with van der Waals surface area (Å²) in [5.41, 5.74) is 3.73. The highest BCUT2D eigenvalue weighted by Gasteiger charge is 2.20. The first-order valence-electron chi connectivity index (χ1n) is 9.11. The highest BCUT2D eigenvalue weighted by atomic mass is 16.5. The molecule has 27 heavy (non-hydrogen) atoms. The molecule has 7 nitrogen and oxygen atoms in total. The van der Waals surface area contributed by atoms with Crippen LogP contribution < -0.4 is 19.5 Å². The van der Waals surface area contributed by atoms with E-state index in [9.17, 15) is 0 Å². The molecule has 1 saturated heterocycles. The van der Waals surface area contributed by atoms with Gasteiger partial charge < -0.3 is 19.5 Å². The van der Waals surface area contributed by atoms with Crippen molar-refractivity contribution in [3.8, 4) is 28.5 Å². The van der Waals surface area contributed by atoms with Gasteiger partial charge >= 0.3 is 0 Å². The molecular formula is C20H24N4O3. The molecule has 0 spiro atoms. The van der Waals surface area contributed by atoms with E-state index >= 15 is 0 Å². The number of ether oxygens (including phenoxy) is 3. The molecule has 0 bridgehead atoms. The highest BCUT2D eigenvalue weighted by molar-refractivity contribution is 5.71.